The number of hydrogen-bond acceptors (Lipinski definition) is 2. The van der Waals surface area contributed by atoms with Crippen LogP contribution >= 0.6 is 11.6 Å². The monoisotopic (exact) mass is 200 g/mol. The van der Waals surface area contributed by atoms with Crippen molar-refractivity contribution in [1.29, 1.82) is 0 Å². The molecular weight excluding hydrogens is 192 g/mol. The van der Waals surface area contributed by atoms with Crippen molar-refractivity contribution in [2.75, 3.05) is 7.11 Å². The van der Waals surface area contributed by atoms with Crippen LogP contribution in [0.2, 0.25) is 0 Å². The lowest BCUT2D eigenvalue weighted by Crippen LogP contribution is -2.04. The molecule has 1 N–H and O–H groups in total. The molecule has 1 unspecified atom stereocenters. The zero-order valence-electron chi connectivity index (χ0n) is 7.03. The van der Waals surface area contributed by atoms with Crippen LogP contribution in [0, 0.1) is 0 Å². The lowest BCUT2D eigenvalue weighted by Gasteiger charge is -2.06. The zero-order chi connectivity index (χ0) is 9.84. The van der Waals surface area contributed by atoms with Gasteiger partial charge in [0, 0.05) is 0 Å². The van der Waals surface area contributed by atoms with Crippen LogP contribution in [0.15, 0.2) is 24.3 Å². The predicted molar refractivity (Wildman–Crippen MR) is 49.2 cm³/mol. The van der Waals surface area contributed by atoms with Gasteiger partial charge in [-0.15, -0.1) is 11.6 Å². The van der Waals surface area contributed by atoms with E-state index in [1.165, 1.54) is 7.11 Å². The van der Waals surface area contributed by atoms with E-state index in [-0.39, 0.29) is 0 Å². The van der Waals surface area contributed by atoms with Crippen molar-refractivity contribution in [3.8, 4) is 5.75 Å². The Morgan fingerprint density at radius 2 is 2.31 bits per heavy atom. The smallest absolute Gasteiger partial charge is 0.326 e. The van der Waals surface area contributed by atoms with E-state index >= 15 is 0 Å². The second kappa shape index (κ2) is 4.14. The van der Waals surface area contributed by atoms with Crippen LogP contribution in [0.1, 0.15) is 10.9 Å². The van der Waals surface area contributed by atoms with Gasteiger partial charge in [0.1, 0.15) is 5.75 Å². The average Bonchev–Trinajstić information content (AvgIpc) is 2.16. The van der Waals surface area contributed by atoms with E-state index in [9.17, 15) is 4.79 Å². The summed E-state index contributed by atoms with van der Waals surface area (Å²) >= 11 is 5.61. The lowest BCUT2D eigenvalue weighted by atomic mass is 10.1. The fourth-order valence-corrected chi connectivity index (χ4v) is 1.08. The molecule has 4 heteroatoms. The van der Waals surface area contributed by atoms with Gasteiger partial charge in [0.15, 0.2) is 5.38 Å². The number of aliphatic carboxylic acids is 1. The highest BCUT2D eigenvalue weighted by molar-refractivity contribution is 6.29. The minimum atomic E-state index is -1.06. The predicted octanol–water partition coefficient (Wildman–Crippen LogP) is 2.06. The second-order valence-electron chi connectivity index (χ2n) is 2.48. The quantitative estimate of drug-likeness (QED) is 0.760. The summed E-state index contributed by atoms with van der Waals surface area (Å²) in [6, 6.07) is 6.68. The van der Waals surface area contributed by atoms with Gasteiger partial charge < -0.3 is 9.84 Å². The van der Waals surface area contributed by atoms with Crippen molar-refractivity contribution in [2.45, 2.75) is 5.38 Å². The Hall–Kier alpha value is -1.22. The molecular formula is C9H9ClO3. The van der Waals surface area contributed by atoms with Gasteiger partial charge in [-0.05, 0) is 17.7 Å². The van der Waals surface area contributed by atoms with E-state index in [1.54, 1.807) is 24.3 Å². The fourth-order valence-electron chi connectivity index (χ4n) is 0.942. The molecule has 1 aromatic carbocycles. The van der Waals surface area contributed by atoms with Crippen molar-refractivity contribution in [1.82, 2.24) is 0 Å². The molecule has 0 aliphatic rings. The first-order valence-electron chi connectivity index (χ1n) is 3.66. The van der Waals surface area contributed by atoms with Crippen LogP contribution < -0.4 is 4.74 Å². The topological polar surface area (TPSA) is 46.5 Å². The average molecular weight is 201 g/mol. The number of carboxylic acid groups (broad SMARTS) is 1. The summed E-state index contributed by atoms with van der Waals surface area (Å²) in [5.41, 5.74) is 0.522. The van der Waals surface area contributed by atoms with E-state index in [0.29, 0.717) is 11.3 Å². The molecule has 0 saturated heterocycles. The zero-order valence-corrected chi connectivity index (χ0v) is 7.78. The van der Waals surface area contributed by atoms with E-state index < -0.39 is 11.3 Å². The van der Waals surface area contributed by atoms with Crippen LogP contribution in [0.3, 0.4) is 0 Å². The van der Waals surface area contributed by atoms with E-state index in [1.807, 2.05) is 0 Å². The van der Waals surface area contributed by atoms with E-state index in [4.69, 9.17) is 21.4 Å². The van der Waals surface area contributed by atoms with Crippen molar-refractivity contribution in [3.63, 3.8) is 0 Å². The molecule has 0 bridgehead atoms. The summed E-state index contributed by atoms with van der Waals surface area (Å²) in [6.45, 7) is 0. The van der Waals surface area contributed by atoms with Crippen LogP contribution in [0.4, 0.5) is 0 Å². The number of rotatable bonds is 3. The normalized spacial score (nSPS) is 12.2. The molecule has 13 heavy (non-hydrogen) atoms. The highest BCUT2D eigenvalue weighted by Gasteiger charge is 2.16. The first kappa shape index (κ1) is 9.86. The first-order valence-corrected chi connectivity index (χ1v) is 4.09. The molecule has 70 valence electrons. The Morgan fingerprint density at radius 3 is 2.85 bits per heavy atom. The number of hydrogen-bond donors (Lipinski definition) is 1. The number of halogens is 1. The fraction of sp³-hybridized carbons (Fsp3) is 0.222. The largest absolute Gasteiger partial charge is 0.497 e. The summed E-state index contributed by atoms with van der Waals surface area (Å²) in [6.07, 6.45) is 0. The molecule has 0 heterocycles. The number of carbonyl (C=O) groups is 1. The highest BCUT2D eigenvalue weighted by Crippen LogP contribution is 2.23. The second-order valence-corrected chi connectivity index (χ2v) is 2.91. The minimum absolute atomic E-state index is 0.522. The molecule has 1 atom stereocenters. The number of carboxylic acids is 1. The Labute approximate surface area is 80.9 Å². The molecule has 1 aromatic rings. The Bertz CT molecular complexity index is 311. The van der Waals surface area contributed by atoms with Gasteiger partial charge in [0.05, 0.1) is 7.11 Å². The third-order valence-corrected chi connectivity index (χ3v) is 2.04. The van der Waals surface area contributed by atoms with Gasteiger partial charge in [0.25, 0.3) is 0 Å². The molecule has 0 spiro atoms. The molecule has 0 saturated carbocycles. The van der Waals surface area contributed by atoms with Gasteiger partial charge in [0.2, 0.25) is 0 Å². The molecule has 0 radical (unpaired) electrons. The van der Waals surface area contributed by atoms with Gasteiger partial charge in [-0.1, -0.05) is 12.1 Å². The van der Waals surface area contributed by atoms with E-state index in [0.717, 1.165) is 0 Å². The van der Waals surface area contributed by atoms with Crippen LogP contribution in [-0.2, 0) is 4.79 Å². The molecule has 0 aliphatic carbocycles. The first-order chi connectivity index (χ1) is 6.15. The summed E-state index contributed by atoms with van der Waals surface area (Å²) in [5.74, 6) is -0.459. The van der Waals surface area contributed by atoms with Crippen molar-refractivity contribution in [3.05, 3.63) is 29.8 Å². The Balaban J connectivity index is 2.94. The van der Waals surface area contributed by atoms with Crippen LogP contribution in [-0.4, -0.2) is 18.2 Å². The van der Waals surface area contributed by atoms with Gasteiger partial charge >= 0.3 is 5.97 Å². The summed E-state index contributed by atoms with van der Waals surface area (Å²) in [7, 11) is 1.52. The van der Waals surface area contributed by atoms with Crippen molar-refractivity contribution >= 4 is 17.6 Å². The van der Waals surface area contributed by atoms with E-state index in [2.05, 4.69) is 0 Å². The maximum Gasteiger partial charge on any atom is 0.326 e. The lowest BCUT2D eigenvalue weighted by molar-refractivity contribution is -0.136. The Morgan fingerprint density at radius 1 is 1.62 bits per heavy atom. The van der Waals surface area contributed by atoms with Crippen LogP contribution in [0.25, 0.3) is 0 Å². The van der Waals surface area contributed by atoms with Crippen molar-refractivity contribution < 1.29 is 14.6 Å². The summed E-state index contributed by atoms with van der Waals surface area (Å²) in [5, 5.41) is 7.61. The number of benzene rings is 1. The summed E-state index contributed by atoms with van der Waals surface area (Å²) < 4.78 is 4.93. The number of ether oxygens (including phenoxy) is 1. The maximum absolute atomic E-state index is 10.5. The van der Waals surface area contributed by atoms with Crippen molar-refractivity contribution in [2.24, 2.45) is 0 Å². The molecule has 0 aliphatic heterocycles. The number of methoxy groups -OCH3 is 1. The molecule has 0 aromatic heterocycles. The Kier molecular flexibility index (Phi) is 3.14. The standard InChI is InChI=1S/C9H9ClO3/c1-13-7-4-2-3-6(5-7)8(10)9(11)12/h2-5,8H,1H3,(H,11,12). The summed E-state index contributed by atoms with van der Waals surface area (Å²) in [4.78, 5) is 10.5. The molecule has 0 fully saturated rings. The highest BCUT2D eigenvalue weighted by atomic mass is 35.5. The maximum atomic E-state index is 10.5. The molecule has 3 nitrogen and oxygen atoms in total. The van der Waals surface area contributed by atoms with Gasteiger partial charge in [-0.25, -0.2) is 0 Å². The van der Waals surface area contributed by atoms with Gasteiger partial charge in [-0.2, -0.15) is 0 Å². The molecule has 1 rings (SSSR count). The van der Waals surface area contributed by atoms with Crippen LogP contribution in [0.5, 0.6) is 5.75 Å². The SMILES string of the molecule is COc1cccc(C(Cl)C(=O)O)c1. The number of alkyl halides is 1. The third kappa shape index (κ3) is 2.36. The minimum Gasteiger partial charge on any atom is -0.497 e. The van der Waals surface area contributed by atoms with Gasteiger partial charge in [-0.3, -0.25) is 4.79 Å². The third-order valence-electron chi connectivity index (χ3n) is 1.60. The molecule has 0 amide bonds.